The zero-order chi connectivity index (χ0) is 12.0. The normalized spacial score (nSPS) is 24.2. The molecule has 0 radical (unpaired) electrons. The Morgan fingerprint density at radius 1 is 1.56 bits per heavy atom. The van der Waals surface area contributed by atoms with Crippen molar-refractivity contribution < 1.29 is 9.84 Å². The molecule has 1 N–H and O–H groups in total. The van der Waals surface area contributed by atoms with E-state index in [1.807, 2.05) is 0 Å². The van der Waals surface area contributed by atoms with Crippen molar-refractivity contribution in [3.05, 3.63) is 0 Å². The van der Waals surface area contributed by atoms with Gasteiger partial charge in [-0.2, -0.15) is 0 Å². The van der Waals surface area contributed by atoms with Gasteiger partial charge in [0, 0.05) is 26.2 Å². The van der Waals surface area contributed by atoms with Gasteiger partial charge in [-0.1, -0.05) is 6.92 Å². The van der Waals surface area contributed by atoms with Crippen LogP contribution in [0.2, 0.25) is 0 Å². The standard InChI is InChI=1S/C12H26N2O2/c1-4-14-7-5-6-11(14)8-13(2)9-12(15)10-16-3/h11-12,15H,4-10H2,1-3H3. The lowest BCUT2D eigenvalue weighted by molar-refractivity contribution is 0.0387. The number of hydrogen-bond acceptors (Lipinski definition) is 4. The van der Waals surface area contributed by atoms with Crippen LogP contribution in [0.1, 0.15) is 19.8 Å². The van der Waals surface area contributed by atoms with Crippen molar-refractivity contribution in [1.29, 1.82) is 0 Å². The van der Waals surface area contributed by atoms with Crippen LogP contribution in [0, 0.1) is 0 Å². The maximum Gasteiger partial charge on any atom is 0.0899 e. The number of aliphatic hydroxyl groups is 1. The Hall–Kier alpha value is -0.160. The average Bonchev–Trinajstić information content (AvgIpc) is 2.65. The molecular weight excluding hydrogens is 204 g/mol. The second-order valence-corrected chi connectivity index (χ2v) is 4.76. The molecule has 0 spiro atoms. The monoisotopic (exact) mass is 230 g/mol. The predicted molar refractivity (Wildman–Crippen MR) is 65.6 cm³/mol. The average molecular weight is 230 g/mol. The van der Waals surface area contributed by atoms with Crippen molar-refractivity contribution in [2.75, 3.05) is 46.9 Å². The highest BCUT2D eigenvalue weighted by Gasteiger charge is 2.24. The summed E-state index contributed by atoms with van der Waals surface area (Å²) in [4.78, 5) is 4.74. The molecule has 0 aromatic heterocycles. The molecule has 1 saturated heterocycles. The Balaban J connectivity index is 2.24. The fraction of sp³-hybridized carbons (Fsp3) is 1.00. The maximum atomic E-state index is 9.64. The zero-order valence-electron chi connectivity index (χ0n) is 10.9. The van der Waals surface area contributed by atoms with Crippen molar-refractivity contribution >= 4 is 0 Å². The van der Waals surface area contributed by atoms with Crippen LogP contribution in [0.4, 0.5) is 0 Å². The lowest BCUT2D eigenvalue weighted by Crippen LogP contribution is -2.41. The smallest absolute Gasteiger partial charge is 0.0899 e. The van der Waals surface area contributed by atoms with Gasteiger partial charge in [0.05, 0.1) is 12.7 Å². The van der Waals surface area contributed by atoms with Gasteiger partial charge in [0.1, 0.15) is 0 Å². The van der Waals surface area contributed by atoms with Crippen molar-refractivity contribution in [2.24, 2.45) is 0 Å². The molecule has 2 atom stereocenters. The summed E-state index contributed by atoms with van der Waals surface area (Å²) in [5, 5.41) is 9.64. The molecule has 0 saturated carbocycles. The van der Waals surface area contributed by atoms with Gasteiger partial charge >= 0.3 is 0 Å². The first-order valence-corrected chi connectivity index (χ1v) is 6.27. The van der Waals surface area contributed by atoms with E-state index in [0.29, 0.717) is 19.2 Å². The van der Waals surface area contributed by atoms with E-state index in [4.69, 9.17) is 4.74 Å². The molecule has 0 aliphatic carbocycles. The van der Waals surface area contributed by atoms with Crippen LogP contribution < -0.4 is 0 Å². The molecule has 1 aliphatic heterocycles. The lowest BCUT2D eigenvalue weighted by Gasteiger charge is -2.28. The Bertz CT molecular complexity index is 190. The van der Waals surface area contributed by atoms with E-state index in [-0.39, 0.29) is 6.10 Å². The maximum absolute atomic E-state index is 9.64. The Kier molecular flexibility index (Phi) is 6.28. The van der Waals surface area contributed by atoms with Gasteiger partial charge in [-0.3, -0.25) is 4.90 Å². The molecule has 16 heavy (non-hydrogen) atoms. The molecule has 0 amide bonds. The van der Waals surface area contributed by atoms with Crippen LogP contribution in [-0.4, -0.2) is 74.0 Å². The Morgan fingerprint density at radius 2 is 2.31 bits per heavy atom. The second kappa shape index (κ2) is 7.22. The number of rotatable bonds is 7. The highest BCUT2D eigenvalue weighted by molar-refractivity contribution is 4.81. The highest BCUT2D eigenvalue weighted by atomic mass is 16.5. The van der Waals surface area contributed by atoms with Crippen LogP contribution >= 0.6 is 0 Å². The van der Waals surface area contributed by atoms with Gasteiger partial charge in [-0.25, -0.2) is 0 Å². The zero-order valence-corrected chi connectivity index (χ0v) is 10.9. The highest BCUT2D eigenvalue weighted by Crippen LogP contribution is 2.17. The van der Waals surface area contributed by atoms with E-state index in [9.17, 15) is 5.11 Å². The first-order chi connectivity index (χ1) is 7.67. The Labute approximate surface area is 99.2 Å². The summed E-state index contributed by atoms with van der Waals surface area (Å²) >= 11 is 0. The molecule has 2 unspecified atom stereocenters. The minimum atomic E-state index is -0.369. The topological polar surface area (TPSA) is 35.9 Å². The van der Waals surface area contributed by atoms with Crippen LogP contribution in [0.3, 0.4) is 0 Å². The summed E-state index contributed by atoms with van der Waals surface area (Å²) in [5.41, 5.74) is 0. The molecule has 0 bridgehead atoms. The van der Waals surface area contributed by atoms with Gasteiger partial charge < -0.3 is 14.7 Å². The van der Waals surface area contributed by atoms with Gasteiger partial charge in [0.15, 0.2) is 0 Å². The van der Waals surface area contributed by atoms with Crippen LogP contribution in [0.15, 0.2) is 0 Å². The van der Waals surface area contributed by atoms with Gasteiger partial charge in [-0.05, 0) is 33.0 Å². The SMILES string of the molecule is CCN1CCCC1CN(C)CC(O)COC. The van der Waals surface area contributed by atoms with Gasteiger partial charge in [0.25, 0.3) is 0 Å². The molecule has 1 aliphatic rings. The number of likely N-dealkylation sites (tertiary alicyclic amines) is 1. The summed E-state index contributed by atoms with van der Waals surface area (Å²) in [7, 11) is 3.70. The fourth-order valence-corrected chi connectivity index (χ4v) is 2.56. The lowest BCUT2D eigenvalue weighted by atomic mass is 10.2. The summed E-state index contributed by atoms with van der Waals surface area (Å²) in [6.45, 7) is 6.76. The molecular formula is C12H26N2O2. The van der Waals surface area contributed by atoms with E-state index in [2.05, 4.69) is 23.8 Å². The Morgan fingerprint density at radius 3 is 2.94 bits per heavy atom. The molecule has 1 heterocycles. The van der Waals surface area contributed by atoms with E-state index in [1.54, 1.807) is 7.11 Å². The van der Waals surface area contributed by atoms with E-state index in [0.717, 1.165) is 13.1 Å². The number of likely N-dealkylation sites (N-methyl/N-ethyl adjacent to an activating group) is 2. The number of methoxy groups -OCH3 is 1. The van der Waals surface area contributed by atoms with Gasteiger partial charge in [0.2, 0.25) is 0 Å². The van der Waals surface area contributed by atoms with Crippen molar-refractivity contribution in [3.63, 3.8) is 0 Å². The summed E-state index contributed by atoms with van der Waals surface area (Å²) in [6, 6.07) is 0.671. The van der Waals surface area contributed by atoms with Crippen LogP contribution in [-0.2, 0) is 4.74 Å². The number of aliphatic hydroxyl groups excluding tert-OH is 1. The first-order valence-electron chi connectivity index (χ1n) is 6.27. The third kappa shape index (κ3) is 4.37. The summed E-state index contributed by atoms with van der Waals surface area (Å²) < 4.78 is 4.93. The number of nitrogens with zero attached hydrogens (tertiary/aromatic N) is 2. The quantitative estimate of drug-likeness (QED) is 0.687. The van der Waals surface area contributed by atoms with E-state index in [1.165, 1.54) is 19.4 Å². The molecule has 0 aromatic rings. The predicted octanol–water partition coefficient (Wildman–Crippen LogP) is 0.410. The molecule has 4 heteroatoms. The summed E-state index contributed by atoms with van der Waals surface area (Å²) in [6.07, 6.45) is 2.23. The molecule has 4 nitrogen and oxygen atoms in total. The largest absolute Gasteiger partial charge is 0.389 e. The third-order valence-corrected chi connectivity index (χ3v) is 3.31. The van der Waals surface area contributed by atoms with Gasteiger partial charge in [-0.15, -0.1) is 0 Å². The molecule has 1 fully saturated rings. The van der Waals surface area contributed by atoms with E-state index < -0.39 is 0 Å². The summed E-state index contributed by atoms with van der Waals surface area (Å²) in [5.74, 6) is 0. The first kappa shape index (κ1) is 13.9. The van der Waals surface area contributed by atoms with Crippen molar-refractivity contribution in [1.82, 2.24) is 9.80 Å². The molecule has 0 aromatic carbocycles. The fourth-order valence-electron chi connectivity index (χ4n) is 2.56. The van der Waals surface area contributed by atoms with Crippen molar-refractivity contribution in [3.8, 4) is 0 Å². The minimum absolute atomic E-state index is 0.369. The third-order valence-electron chi connectivity index (χ3n) is 3.31. The second-order valence-electron chi connectivity index (χ2n) is 4.76. The molecule has 1 rings (SSSR count). The molecule has 96 valence electrons. The van der Waals surface area contributed by atoms with Crippen LogP contribution in [0.25, 0.3) is 0 Å². The number of ether oxygens (including phenoxy) is 1. The van der Waals surface area contributed by atoms with E-state index >= 15 is 0 Å². The number of hydrogen-bond donors (Lipinski definition) is 1. The minimum Gasteiger partial charge on any atom is -0.389 e. The van der Waals surface area contributed by atoms with Crippen molar-refractivity contribution in [2.45, 2.75) is 31.9 Å². The van der Waals surface area contributed by atoms with Crippen LogP contribution in [0.5, 0.6) is 0 Å².